The molecule has 2 saturated heterocycles. The van der Waals surface area contributed by atoms with Crippen LogP contribution in [0, 0.1) is 22.7 Å². The molecule has 0 bridgehead atoms. The van der Waals surface area contributed by atoms with E-state index >= 15 is 0 Å². The van der Waals surface area contributed by atoms with Gasteiger partial charge in [0.1, 0.15) is 17.7 Å². The van der Waals surface area contributed by atoms with Crippen LogP contribution in [-0.4, -0.2) is 96.9 Å². The Morgan fingerprint density at radius 3 is 2.45 bits per heavy atom. The first-order valence-electron chi connectivity index (χ1n) is 15.1. The number of pyridine rings is 1. The fourth-order valence-corrected chi connectivity index (χ4v) is 6.72. The maximum absolute atomic E-state index is 14.0. The average molecular weight is 589 g/mol. The van der Waals surface area contributed by atoms with Crippen LogP contribution >= 0.6 is 0 Å². The quantitative estimate of drug-likeness (QED) is 0.418. The second-order valence-corrected chi connectivity index (χ2v) is 11.7. The summed E-state index contributed by atoms with van der Waals surface area (Å²) in [6.07, 6.45) is 2.06. The van der Waals surface area contributed by atoms with Crippen LogP contribution in [0.3, 0.4) is 0 Å². The number of amides is 2. The smallest absolute Gasteiger partial charge is 0.254 e. The van der Waals surface area contributed by atoms with Crippen molar-refractivity contribution in [1.29, 1.82) is 10.5 Å². The maximum Gasteiger partial charge on any atom is 0.254 e. The van der Waals surface area contributed by atoms with Gasteiger partial charge < -0.3 is 24.5 Å². The summed E-state index contributed by atoms with van der Waals surface area (Å²) in [4.78, 5) is 41.9. The van der Waals surface area contributed by atoms with Crippen molar-refractivity contribution < 1.29 is 9.59 Å². The fourth-order valence-electron chi connectivity index (χ4n) is 6.72. The van der Waals surface area contributed by atoms with E-state index in [2.05, 4.69) is 40.5 Å². The first kappa shape index (κ1) is 29.2. The van der Waals surface area contributed by atoms with Gasteiger partial charge in [0, 0.05) is 70.0 Å². The Morgan fingerprint density at radius 1 is 0.955 bits per heavy atom. The first-order chi connectivity index (χ1) is 21.4. The van der Waals surface area contributed by atoms with Crippen LogP contribution in [0.2, 0.25) is 0 Å². The molecule has 3 aliphatic rings. The van der Waals surface area contributed by atoms with E-state index in [-0.39, 0.29) is 24.3 Å². The Balaban J connectivity index is 1.40. The number of fused-ring (bicyclic) bond motifs is 2. The van der Waals surface area contributed by atoms with Crippen LogP contribution in [0.4, 0.5) is 11.6 Å². The molecule has 2 aromatic carbocycles. The summed E-state index contributed by atoms with van der Waals surface area (Å²) < 4.78 is 0. The predicted molar refractivity (Wildman–Crippen MR) is 169 cm³/mol. The molecule has 2 fully saturated rings. The molecule has 1 aromatic heterocycles. The van der Waals surface area contributed by atoms with Crippen molar-refractivity contribution in [2.24, 2.45) is 0 Å². The van der Waals surface area contributed by atoms with Gasteiger partial charge in [-0.1, -0.05) is 43.0 Å². The van der Waals surface area contributed by atoms with Crippen LogP contribution in [-0.2, 0) is 17.8 Å². The number of carbonyl (C=O) groups is 2. The number of hydrogen-bond acceptors (Lipinski definition) is 8. The third-order valence-corrected chi connectivity index (χ3v) is 9.14. The SMILES string of the molecule is C=CC(=O)N1CCN(c2nc(N3CCN(C)CC3)c(C#N)c3c2CCN(C(=O)c2cccc4ccccc24)C3)CC1CC#N. The van der Waals surface area contributed by atoms with E-state index in [1.54, 1.807) is 4.90 Å². The fraction of sp³-hybridized carbons (Fsp3) is 0.382. The molecule has 10 heteroatoms. The Morgan fingerprint density at radius 2 is 1.70 bits per heavy atom. The summed E-state index contributed by atoms with van der Waals surface area (Å²) in [5.41, 5.74) is 2.99. The summed E-state index contributed by atoms with van der Waals surface area (Å²) in [6.45, 7) is 9.11. The van der Waals surface area contributed by atoms with E-state index in [0.717, 1.165) is 53.9 Å². The summed E-state index contributed by atoms with van der Waals surface area (Å²) in [7, 11) is 2.09. The second-order valence-electron chi connectivity index (χ2n) is 11.7. The number of likely N-dealkylation sites (N-methyl/N-ethyl adjacent to an activating group) is 1. The lowest BCUT2D eigenvalue weighted by Crippen LogP contribution is -2.55. The summed E-state index contributed by atoms with van der Waals surface area (Å²) in [5.74, 6) is 1.20. The number of rotatable bonds is 5. The highest BCUT2D eigenvalue weighted by atomic mass is 16.2. The summed E-state index contributed by atoms with van der Waals surface area (Å²) >= 11 is 0. The molecule has 2 amide bonds. The molecule has 4 heterocycles. The molecule has 0 aliphatic carbocycles. The molecule has 0 radical (unpaired) electrons. The van der Waals surface area contributed by atoms with E-state index < -0.39 is 0 Å². The predicted octanol–water partition coefficient (Wildman–Crippen LogP) is 3.17. The molecule has 44 heavy (non-hydrogen) atoms. The van der Waals surface area contributed by atoms with Crippen molar-refractivity contribution in [3.63, 3.8) is 0 Å². The minimum Gasteiger partial charge on any atom is -0.353 e. The van der Waals surface area contributed by atoms with Gasteiger partial charge >= 0.3 is 0 Å². The number of carbonyl (C=O) groups excluding carboxylic acids is 2. The molecule has 0 saturated carbocycles. The number of hydrogen-bond donors (Lipinski definition) is 0. The second kappa shape index (κ2) is 12.4. The number of nitrogens with zero attached hydrogens (tertiary/aromatic N) is 8. The van der Waals surface area contributed by atoms with E-state index in [9.17, 15) is 20.1 Å². The minimum absolute atomic E-state index is 0.0542. The third kappa shape index (κ3) is 5.34. The van der Waals surface area contributed by atoms with Crippen LogP contribution in [0.5, 0.6) is 0 Å². The molecule has 3 aromatic rings. The van der Waals surface area contributed by atoms with Gasteiger partial charge in [-0.15, -0.1) is 0 Å². The molecule has 6 rings (SSSR count). The highest BCUT2D eigenvalue weighted by molar-refractivity contribution is 6.07. The van der Waals surface area contributed by atoms with Crippen molar-refractivity contribution in [1.82, 2.24) is 19.7 Å². The Kier molecular flexibility index (Phi) is 8.19. The zero-order chi connectivity index (χ0) is 30.8. The summed E-state index contributed by atoms with van der Waals surface area (Å²) in [6, 6.07) is 18.1. The van der Waals surface area contributed by atoms with Gasteiger partial charge in [0.25, 0.3) is 5.91 Å². The van der Waals surface area contributed by atoms with Crippen LogP contribution in [0.15, 0.2) is 55.1 Å². The number of nitriles is 2. The van der Waals surface area contributed by atoms with E-state index in [0.29, 0.717) is 56.1 Å². The van der Waals surface area contributed by atoms with Gasteiger partial charge in [-0.2, -0.15) is 10.5 Å². The van der Waals surface area contributed by atoms with Crippen molar-refractivity contribution >= 4 is 34.2 Å². The number of piperazine rings is 2. The molecule has 1 unspecified atom stereocenters. The van der Waals surface area contributed by atoms with Crippen LogP contribution in [0.1, 0.15) is 33.5 Å². The number of anilines is 2. The van der Waals surface area contributed by atoms with E-state index in [4.69, 9.17) is 4.98 Å². The number of aromatic nitrogens is 1. The van der Waals surface area contributed by atoms with Crippen LogP contribution in [0.25, 0.3) is 10.8 Å². The van der Waals surface area contributed by atoms with Crippen molar-refractivity contribution in [2.45, 2.75) is 25.4 Å². The van der Waals surface area contributed by atoms with E-state index in [1.165, 1.54) is 6.08 Å². The third-order valence-electron chi connectivity index (χ3n) is 9.14. The highest BCUT2D eigenvalue weighted by Crippen LogP contribution is 2.37. The zero-order valence-corrected chi connectivity index (χ0v) is 25.1. The maximum atomic E-state index is 14.0. The highest BCUT2D eigenvalue weighted by Gasteiger charge is 2.36. The Hall–Kier alpha value is -4.93. The van der Waals surface area contributed by atoms with Gasteiger partial charge in [-0.05, 0) is 41.9 Å². The minimum atomic E-state index is -0.299. The lowest BCUT2D eigenvalue weighted by Gasteiger charge is -2.43. The van der Waals surface area contributed by atoms with Crippen LogP contribution < -0.4 is 9.80 Å². The first-order valence-corrected chi connectivity index (χ1v) is 15.1. The Labute approximate surface area is 258 Å². The molecular formula is C34H36N8O2. The van der Waals surface area contributed by atoms with Crippen molar-refractivity contribution in [2.75, 3.05) is 69.2 Å². The number of benzene rings is 2. The van der Waals surface area contributed by atoms with E-state index in [1.807, 2.05) is 47.4 Å². The normalized spacial score (nSPS) is 18.8. The largest absolute Gasteiger partial charge is 0.353 e. The monoisotopic (exact) mass is 588 g/mol. The molecule has 224 valence electrons. The van der Waals surface area contributed by atoms with Gasteiger partial charge in [0.2, 0.25) is 5.91 Å². The molecular weight excluding hydrogens is 552 g/mol. The van der Waals surface area contributed by atoms with Crippen molar-refractivity contribution in [3.8, 4) is 12.1 Å². The zero-order valence-electron chi connectivity index (χ0n) is 25.1. The van der Waals surface area contributed by atoms with Gasteiger partial charge in [-0.25, -0.2) is 4.98 Å². The molecule has 0 N–H and O–H groups in total. The topological polar surface area (TPSA) is 111 Å². The summed E-state index contributed by atoms with van der Waals surface area (Å²) in [5, 5.41) is 22.0. The Bertz CT molecular complexity index is 1690. The lowest BCUT2D eigenvalue weighted by molar-refractivity contribution is -0.128. The molecule has 3 aliphatic heterocycles. The van der Waals surface area contributed by atoms with Gasteiger partial charge in [0.05, 0.1) is 24.1 Å². The van der Waals surface area contributed by atoms with Crippen molar-refractivity contribution in [3.05, 3.63) is 77.4 Å². The lowest BCUT2D eigenvalue weighted by atomic mass is 9.93. The van der Waals surface area contributed by atoms with Gasteiger partial charge in [-0.3, -0.25) is 9.59 Å². The standard InChI is InChI=1S/C34H36N8O2/c1-3-31(43)42-20-19-40(22-25(42)11-13-35)32-27-12-14-41(34(44)28-10-6-8-24-7-4-5-9-26(24)28)23-30(27)29(21-36)33(37-32)39-17-15-38(2)16-18-39/h3-10,25H,1,11-12,14-20,22-23H2,2H3. The molecule has 10 nitrogen and oxygen atoms in total. The molecule has 0 spiro atoms. The average Bonchev–Trinajstić information content (AvgIpc) is 3.06. The van der Waals surface area contributed by atoms with Gasteiger partial charge in [0.15, 0.2) is 0 Å². The molecule has 1 atom stereocenters.